The first-order valence-corrected chi connectivity index (χ1v) is 11.7. The van der Waals surface area contributed by atoms with E-state index in [4.69, 9.17) is 0 Å². The van der Waals surface area contributed by atoms with Gasteiger partial charge in [0.05, 0.1) is 11.4 Å². The molecule has 2 aliphatic rings. The van der Waals surface area contributed by atoms with E-state index >= 15 is 0 Å². The normalized spacial score (nSPS) is 18.8. The lowest BCUT2D eigenvalue weighted by Crippen LogP contribution is -2.52. The third kappa shape index (κ3) is 5.34. The zero-order valence-corrected chi connectivity index (χ0v) is 17.9. The number of imide groups is 1. The van der Waals surface area contributed by atoms with Crippen molar-refractivity contribution in [3.8, 4) is 0 Å². The number of aryl methyl sites for hydroxylation is 2. The van der Waals surface area contributed by atoms with Crippen molar-refractivity contribution in [1.82, 2.24) is 19.8 Å². The van der Waals surface area contributed by atoms with Crippen molar-refractivity contribution in [2.45, 2.75) is 50.5 Å². The zero-order valence-electron chi connectivity index (χ0n) is 17.1. The van der Waals surface area contributed by atoms with Crippen molar-refractivity contribution in [2.24, 2.45) is 0 Å². The summed E-state index contributed by atoms with van der Waals surface area (Å²) >= 11 is 0. The third-order valence-electron chi connectivity index (χ3n) is 5.65. The molecule has 0 aromatic heterocycles. The summed E-state index contributed by atoms with van der Waals surface area (Å²) in [5.74, 6) is -0.388. The molecule has 1 saturated heterocycles. The van der Waals surface area contributed by atoms with Crippen molar-refractivity contribution in [2.75, 3.05) is 32.7 Å². The topological polar surface area (TPSA) is 98.8 Å². The molecule has 29 heavy (non-hydrogen) atoms. The highest BCUT2D eigenvalue weighted by molar-refractivity contribution is 7.89. The summed E-state index contributed by atoms with van der Waals surface area (Å²) in [6, 6.07) is 4.95. The van der Waals surface area contributed by atoms with Crippen LogP contribution in [0.15, 0.2) is 23.1 Å². The maximum absolute atomic E-state index is 13.0. The highest BCUT2D eigenvalue weighted by Gasteiger charge is 2.30. The molecule has 1 fully saturated rings. The molecule has 1 aliphatic carbocycles. The molecular formula is C20H30N4O4S. The van der Waals surface area contributed by atoms with E-state index in [0.29, 0.717) is 31.1 Å². The van der Waals surface area contributed by atoms with Gasteiger partial charge in [0.25, 0.3) is 0 Å². The maximum Gasteiger partial charge on any atom is 0.321 e. The lowest BCUT2D eigenvalue weighted by Gasteiger charge is -2.33. The molecule has 0 unspecified atom stereocenters. The van der Waals surface area contributed by atoms with Crippen LogP contribution in [0.4, 0.5) is 4.79 Å². The van der Waals surface area contributed by atoms with Gasteiger partial charge in [-0.25, -0.2) is 13.2 Å². The fourth-order valence-electron chi connectivity index (χ4n) is 3.72. The van der Waals surface area contributed by atoms with Gasteiger partial charge in [0, 0.05) is 32.2 Å². The number of amides is 3. The maximum atomic E-state index is 13.0. The SMILES string of the molecule is CC[C@H](C)NC(=O)NC(=O)CN1CCN(S(=O)(=O)c2ccc3c(c2)CCC3)CC1. The standard InChI is InChI=1S/C20H30N4O4S/c1-3-15(2)21-20(26)22-19(25)14-23-9-11-24(12-10-23)29(27,28)18-8-7-16-5-4-6-17(16)13-18/h7-8,13,15H,3-6,9-12,14H2,1-2H3,(H2,21,22,25,26)/t15-/m0/s1. The van der Waals surface area contributed by atoms with Gasteiger partial charge in [-0.1, -0.05) is 13.0 Å². The van der Waals surface area contributed by atoms with Crippen LogP contribution in [0.25, 0.3) is 0 Å². The Kier molecular flexibility index (Phi) is 6.92. The molecule has 1 aromatic carbocycles. The van der Waals surface area contributed by atoms with Crippen LogP contribution in [0.2, 0.25) is 0 Å². The second-order valence-corrected chi connectivity index (χ2v) is 9.73. The van der Waals surface area contributed by atoms with Gasteiger partial charge in [0.15, 0.2) is 0 Å². The smallest absolute Gasteiger partial charge is 0.321 e. The first kappa shape index (κ1) is 21.7. The lowest BCUT2D eigenvalue weighted by molar-refractivity contribution is -0.121. The lowest BCUT2D eigenvalue weighted by atomic mass is 10.1. The van der Waals surface area contributed by atoms with Crippen LogP contribution < -0.4 is 10.6 Å². The van der Waals surface area contributed by atoms with E-state index in [2.05, 4.69) is 10.6 Å². The number of sulfonamides is 1. The molecule has 3 amide bonds. The number of nitrogens with zero attached hydrogens (tertiary/aromatic N) is 2. The van der Waals surface area contributed by atoms with Crippen LogP contribution in [0, 0.1) is 0 Å². The number of urea groups is 1. The van der Waals surface area contributed by atoms with Crippen LogP contribution in [0.5, 0.6) is 0 Å². The number of rotatable bonds is 6. The third-order valence-corrected chi connectivity index (χ3v) is 7.54. The zero-order chi connectivity index (χ0) is 21.0. The van der Waals surface area contributed by atoms with E-state index in [-0.39, 0.29) is 18.5 Å². The fraction of sp³-hybridized carbons (Fsp3) is 0.600. The fourth-order valence-corrected chi connectivity index (χ4v) is 5.19. The second kappa shape index (κ2) is 9.23. The summed E-state index contributed by atoms with van der Waals surface area (Å²) in [4.78, 5) is 26.0. The molecule has 1 aromatic rings. The van der Waals surface area contributed by atoms with Crippen LogP contribution in [0.3, 0.4) is 0 Å². The number of fused-ring (bicyclic) bond motifs is 1. The minimum atomic E-state index is -3.53. The number of hydrogen-bond donors (Lipinski definition) is 2. The quantitative estimate of drug-likeness (QED) is 0.715. The van der Waals surface area contributed by atoms with Crippen LogP contribution >= 0.6 is 0 Å². The monoisotopic (exact) mass is 422 g/mol. The van der Waals surface area contributed by atoms with E-state index in [1.165, 1.54) is 9.87 Å². The average molecular weight is 423 g/mol. The molecule has 8 nitrogen and oxygen atoms in total. The minimum Gasteiger partial charge on any atom is -0.335 e. The molecule has 0 bridgehead atoms. The average Bonchev–Trinajstić information content (AvgIpc) is 3.15. The number of benzene rings is 1. The summed E-state index contributed by atoms with van der Waals surface area (Å²) in [5.41, 5.74) is 2.38. The van der Waals surface area contributed by atoms with Gasteiger partial charge in [-0.15, -0.1) is 0 Å². The van der Waals surface area contributed by atoms with Gasteiger partial charge in [0.2, 0.25) is 15.9 Å². The van der Waals surface area contributed by atoms with Crippen LogP contribution in [0.1, 0.15) is 37.8 Å². The molecule has 0 radical (unpaired) electrons. The molecule has 9 heteroatoms. The van der Waals surface area contributed by atoms with Gasteiger partial charge in [-0.05, 0) is 55.9 Å². The van der Waals surface area contributed by atoms with E-state index in [1.807, 2.05) is 30.9 Å². The Balaban J connectivity index is 1.51. The van der Waals surface area contributed by atoms with Gasteiger partial charge in [0.1, 0.15) is 0 Å². The summed E-state index contributed by atoms with van der Waals surface area (Å²) in [7, 11) is -3.53. The largest absolute Gasteiger partial charge is 0.335 e. The summed E-state index contributed by atoms with van der Waals surface area (Å²) < 4.78 is 27.4. The highest BCUT2D eigenvalue weighted by atomic mass is 32.2. The van der Waals surface area contributed by atoms with E-state index in [0.717, 1.165) is 31.2 Å². The van der Waals surface area contributed by atoms with Gasteiger partial charge >= 0.3 is 6.03 Å². The molecule has 0 spiro atoms. The van der Waals surface area contributed by atoms with Crippen molar-refractivity contribution < 1.29 is 18.0 Å². The van der Waals surface area contributed by atoms with E-state index < -0.39 is 16.1 Å². The summed E-state index contributed by atoms with van der Waals surface area (Å²) in [5, 5.41) is 5.00. The second-order valence-electron chi connectivity index (χ2n) is 7.80. The number of hydrogen-bond acceptors (Lipinski definition) is 5. The van der Waals surface area contributed by atoms with Crippen LogP contribution in [-0.2, 0) is 27.7 Å². The van der Waals surface area contributed by atoms with Crippen LogP contribution in [-0.4, -0.2) is 68.3 Å². The molecular weight excluding hydrogens is 392 g/mol. The van der Waals surface area contributed by atoms with E-state index in [1.54, 1.807) is 6.07 Å². The Morgan fingerprint density at radius 2 is 1.79 bits per heavy atom. The number of carbonyl (C=O) groups excluding carboxylic acids is 2. The first-order valence-electron chi connectivity index (χ1n) is 10.2. The van der Waals surface area contributed by atoms with Crippen molar-refractivity contribution in [1.29, 1.82) is 0 Å². The molecule has 3 rings (SSSR count). The van der Waals surface area contributed by atoms with E-state index in [9.17, 15) is 18.0 Å². The van der Waals surface area contributed by atoms with Gasteiger partial charge in [-0.3, -0.25) is 15.0 Å². The minimum absolute atomic E-state index is 0.00392. The summed E-state index contributed by atoms with van der Waals surface area (Å²) in [6.07, 6.45) is 3.81. The Morgan fingerprint density at radius 3 is 2.48 bits per heavy atom. The van der Waals surface area contributed by atoms with Crippen molar-refractivity contribution in [3.63, 3.8) is 0 Å². The van der Waals surface area contributed by atoms with Gasteiger partial charge < -0.3 is 5.32 Å². The molecule has 0 saturated carbocycles. The molecule has 2 N–H and O–H groups in total. The molecule has 1 atom stereocenters. The predicted octanol–water partition coefficient (Wildman–Crippen LogP) is 1.11. The Hall–Kier alpha value is -1.97. The van der Waals surface area contributed by atoms with Gasteiger partial charge in [-0.2, -0.15) is 4.31 Å². The number of carbonyl (C=O) groups is 2. The predicted molar refractivity (Wildman–Crippen MR) is 110 cm³/mol. The molecule has 160 valence electrons. The van der Waals surface area contributed by atoms with Crippen molar-refractivity contribution in [3.05, 3.63) is 29.3 Å². The number of nitrogens with one attached hydrogen (secondary N) is 2. The summed E-state index contributed by atoms with van der Waals surface area (Å²) in [6.45, 7) is 5.43. The molecule has 1 heterocycles. The molecule has 1 aliphatic heterocycles. The Labute approximate surface area is 172 Å². The highest BCUT2D eigenvalue weighted by Crippen LogP contribution is 2.26. The van der Waals surface area contributed by atoms with Crippen molar-refractivity contribution >= 4 is 22.0 Å². The Morgan fingerprint density at radius 1 is 1.10 bits per heavy atom. The Bertz CT molecular complexity index is 863. The first-order chi connectivity index (χ1) is 13.8. The number of piperazine rings is 1.